The molecule has 0 saturated carbocycles. The molecule has 0 saturated heterocycles. The van der Waals surface area contributed by atoms with E-state index in [-0.39, 0.29) is 0 Å². The van der Waals surface area contributed by atoms with Crippen LogP contribution >= 0.6 is 0 Å². The summed E-state index contributed by atoms with van der Waals surface area (Å²) < 4.78 is 0. The predicted octanol–water partition coefficient (Wildman–Crippen LogP) is 8.12. The topological polar surface area (TPSA) is 0 Å². The van der Waals surface area contributed by atoms with Gasteiger partial charge >= 0.3 is 0 Å². The van der Waals surface area contributed by atoms with Crippen LogP contribution in [0, 0.1) is 5.92 Å². The molecule has 0 aliphatic carbocycles. The smallest absolute Gasteiger partial charge is 0.0194 e. The molecule has 134 valence electrons. The molecule has 0 aromatic rings. The Morgan fingerprint density at radius 2 is 1.62 bits per heavy atom. The number of unbranched alkanes of at least 4 members (excludes halogenated alkanes) is 1. The summed E-state index contributed by atoms with van der Waals surface area (Å²) in [4.78, 5) is 0. The SMILES string of the molecule is C=C(CCC(C=CC)=CC)C(=CC)CC(C)C(=C)CCCC=CC. The number of allylic oxidation sites excluding steroid dienone is 10. The Morgan fingerprint density at radius 3 is 2.17 bits per heavy atom. The fraction of sp³-hybridized carbons (Fsp3) is 0.500. The molecular formula is C24H38. The quantitative estimate of drug-likeness (QED) is 0.193. The van der Waals surface area contributed by atoms with E-state index < -0.39 is 0 Å². The van der Waals surface area contributed by atoms with E-state index in [1.165, 1.54) is 28.7 Å². The van der Waals surface area contributed by atoms with E-state index in [0.717, 1.165) is 32.1 Å². The lowest BCUT2D eigenvalue weighted by Gasteiger charge is -2.18. The van der Waals surface area contributed by atoms with Gasteiger partial charge in [-0.1, -0.05) is 73.3 Å². The van der Waals surface area contributed by atoms with Crippen LogP contribution in [0.1, 0.15) is 73.1 Å². The number of rotatable bonds is 12. The summed E-state index contributed by atoms with van der Waals surface area (Å²) in [6.45, 7) is 19.3. The molecule has 0 aromatic carbocycles. The van der Waals surface area contributed by atoms with Crippen molar-refractivity contribution in [3.63, 3.8) is 0 Å². The van der Waals surface area contributed by atoms with Crippen molar-refractivity contribution < 1.29 is 0 Å². The molecule has 0 aliphatic heterocycles. The third-order valence-electron chi connectivity index (χ3n) is 4.60. The van der Waals surface area contributed by atoms with Gasteiger partial charge in [0, 0.05) is 0 Å². The lowest BCUT2D eigenvalue weighted by molar-refractivity contribution is 0.626. The van der Waals surface area contributed by atoms with Crippen LogP contribution in [-0.4, -0.2) is 0 Å². The highest BCUT2D eigenvalue weighted by molar-refractivity contribution is 5.31. The van der Waals surface area contributed by atoms with Crippen molar-refractivity contribution in [3.8, 4) is 0 Å². The Hall–Kier alpha value is -1.56. The van der Waals surface area contributed by atoms with Gasteiger partial charge in [-0.2, -0.15) is 0 Å². The molecule has 1 unspecified atom stereocenters. The van der Waals surface area contributed by atoms with Gasteiger partial charge in [0.2, 0.25) is 0 Å². The van der Waals surface area contributed by atoms with Gasteiger partial charge in [-0.05, 0) is 77.7 Å². The predicted molar refractivity (Wildman–Crippen MR) is 112 cm³/mol. The summed E-state index contributed by atoms with van der Waals surface area (Å²) in [7, 11) is 0. The third kappa shape index (κ3) is 9.55. The molecule has 0 aromatic heterocycles. The highest BCUT2D eigenvalue weighted by atomic mass is 14.2. The summed E-state index contributed by atoms with van der Waals surface area (Å²) in [5, 5.41) is 0. The van der Waals surface area contributed by atoms with Crippen molar-refractivity contribution in [3.05, 3.63) is 71.9 Å². The highest BCUT2D eigenvalue weighted by Gasteiger charge is 2.11. The van der Waals surface area contributed by atoms with E-state index in [9.17, 15) is 0 Å². The van der Waals surface area contributed by atoms with E-state index in [1.807, 2.05) is 0 Å². The fourth-order valence-corrected chi connectivity index (χ4v) is 2.79. The Labute approximate surface area is 151 Å². The normalized spacial score (nSPS) is 14.5. The molecule has 24 heavy (non-hydrogen) atoms. The van der Waals surface area contributed by atoms with Crippen molar-refractivity contribution in [1.82, 2.24) is 0 Å². The van der Waals surface area contributed by atoms with E-state index >= 15 is 0 Å². The first-order valence-electron chi connectivity index (χ1n) is 9.40. The zero-order valence-electron chi connectivity index (χ0n) is 16.7. The molecule has 1 atom stereocenters. The molecule has 0 spiro atoms. The van der Waals surface area contributed by atoms with Gasteiger partial charge in [0.25, 0.3) is 0 Å². The molecule has 0 N–H and O–H groups in total. The van der Waals surface area contributed by atoms with E-state index in [4.69, 9.17) is 0 Å². The van der Waals surface area contributed by atoms with Crippen molar-refractivity contribution >= 4 is 0 Å². The maximum atomic E-state index is 4.33. The summed E-state index contributed by atoms with van der Waals surface area (Å²) in [6.07, 6.45) is 19.7. The van der Waals surface area contributed by atoms with Crippen LogP contribution in [0.3, 0.4) is 0 Å². The zero-order chi connectivity index (χ0) is 18.4. The van der Waals surface area contributed by atoms with Gasteiger partial charge in [-0.25, -0.2) is 0 Å². The first-order chi connectivity index (χ1) is 11.5. The molecular weight excluding hydrogens is 288 g/mol. The lowest BCUT2D eigenvalue weighted by Crippen LogP contribution is -2.02. The zero-order valence-corrected chi connectivity index (χ0v) is 16.7. The number of hydrogen-bond acceptors (Lipinski definition) is 0. The van der Waals surface area contributed by atoms with Crippen LogP contribution in [0.15, 0.2) is 71.9 Å². The largest absolute Gasteiger partial charge is 0.0996 e. The Bertz CT molecular complexity index is 494. The monoisotopic (exact) mass is 326 g/mol. The van der Waals surface area contributed by atoms with Crippen molar-refractivity contribution in [2.75, 3.05) is 0 Å². The minimum atomic E-state index is 0.523. The fourth-order valence-electron chi connectivity index (χ4n) is 2.79. The van der Waals surface area contributed by atoms with Gasteiger partial charge in [0.15, 0.2) is 0 Å². The molecule has 0 aliphatic rings. The second-order valence-electron chi connectivity index (χ2n) is 6.51. The van der Waals surface area contributed by atoms with Gasteiger partial charge in [-0.15, -0.1) is 0 Å². The summed E-state index contributed by atoms with van der Waals surface area (Å²) in [6, 6.07) is 0. The standard InChI is InChI=1S/C24H38/c1-8-12-13-14-16-20(5)22(7)19-24(11-4)21(6)17-18-23(10-3)15-9-2/h8-12,15,22H,5-6,13-14,16-19H2,1-4,7H3. The summed E-state index contributed by atoms with van der Waals surface area (Å²) in [5.41, 5.74) is 5.42. The van der Waals surface area contributed by atoms with Crippen LogP contribution in [0.2, 0.25) is 0 Å². The second kappa shape index (κ2) is 13.8. The molecule has 0 heterocycles. The van der Waals surface area contributed by atoms with Crippen LogP contribution in [0.4, 0.5) is 0 Å². The summed E-state index contributed by atoms with van der Waals surface area (Å²) >= 11 is 0. The molecule has 0 rings (SSSR count). The minimum absolute atomic E-state index is 0.523. The Kier molecular flexibility index (Phi) is 12.9. The first kappa shape index (κ1) is 22.4. The lowest BCUT2D eigenvalue weighted by atomic mass is 9.87. The molecule has 0 fully saturated rings. The molecule has 0 radical (unpaired) electrons. The van der Waals surface area contributed by atoms with E-state index in [2.05, 4.69) is 84.2 Å². The minimum Gasteiger partial charge on any atom is -0.0996 e. The number of hydrogen-bond donors (Lipinski definition) is 0. The molecule has 0 bridgehead atoms. The second-order valence-corrected chi connectivity index (χ2v) is 6.51. The average Bonchev–Trinajstić information content (AvgIpc) is 2.59. The van der Waals surface area contributed by atoms with Gasteiger partial charge < -0.3 is 0 Å². The van der Waals surface area contributed by atoms with Crippen molar-refractivity contribution in [2.45, 2.75) is 73.1 Å². The van der Waals surface area contributed by atoms with Crippen LogP contribution in [0.5, 0.6) is 0 Å². The molecule has 0 heteroatoms. The Balaban J connectivity index is 4.47. The molecule has 0 amide bonds. The maximum absolute atomic E-state index is 4.33. The van der Waals surface area contributed by atoms with Gasteiger partial charge in [0.1, 0.15) is 0 Å². The van der Waals surface area contributed by atoms with Gasteiger partial charge in [0.05, 0.1) is 0 Å². The van der Waals surface area contributed by atoms with Crippen molar-refractivity contribution in [1.29, 1.82) is 0 Å². The first-order valence-corrected chi connectivity index (χ1v) is 9.40. The van der Waals surface area contributed by atoms with Crippen LogP contribution < -0.4 is 0 Å². The summed E-state index contributed by atoms with van der Waals surface area (Å²) in [5.74, 6) is 0.523. The van der Waals surface area contributed by atoms with Crippen LogP contribution in [-0.2, 0) is 0 Å². The average molecular weight is 327 g/mol. The molecule has 0 nitrogen and oxygen atoms in total. The Morgan fingerprint density at radius 1 is 0.917 bits per heavy atom. The van der Waals surface area contributed by atoms with Crippen molar-refractivity contribution in [2.24, 2.45) is 5.92 Å². The van der Waals surface area contributed by atoms with Gasteiger partial charge in [-0.3, -0.25) is 0 Å². The highest BCUT2D eigenvalue weighted by Crippen LogP contribution is 2.28. The van der Waals surface area contributed by atoms with E-state index in [0.29, 0.717) is 5.92 Å². The van der Waals surface area contributed by atoms with E-state index in [1.54, 1.807) is 0 Å². The van der Waals surface area contributed by atoms with Crippen LogP contribution in [0.25, 0.3) is 0 Å². The third-order valence-corrected chi connectivity index (χ3v) is 4.60. The maximum Gasteiger partial charge on any atom is -0.0194 e.